The number of aryl methyl sites for hydroxylation is 1. The number of hydrogen-bond donors (Lipinski definition) is 0. The number of epoxide rings is 2. The molecule has 0 amide bonds. The van der Waals surface area contributed by atoms with Crippen LogP contribution in [0.1, 0.15) is 30.4 Å². The molecule has 3 aromatic rings. The molecule has 0 N–H and O–H groups in total. The van der Waals surface area contributed by atoms with Crippen LogP contribution in [0.4, 0.5) is 0 Å². The third kappa shape index (κ3) is 7.31. The average molecular weight is 530 g/mol. The van der Waals surface area contributed by atoms with Crippen molar-refractivity contribution in [1.82, 2.24) is 4.98 Å². The third-order valence-corrected chi connectivity index (χ3v) is 6.71. The van der Waals surface area contributed by atoms with Crippen LogP contribution in [0.25, 0.3) is 10.8 Å². The molecule has 0 bridgehead atoms. The molecular formula is C31H31NO7. The van der Waals surface area contributed by atoms with Gasteiger partial charge in [-0.05, 0) is 42.2 Å². The van der Waals surface area contributed by atoms with Gasteiger partial charge in [0.25, 0.3) is 0 Å². The van der Waals surface area contributed by atoms with Gasteiger partial charge in [0.1, 0.15) is 24.2 Å². The predicted molar refractivity (Wildman–Crippen MR) is 144 cm³/mol. The van der Waals surface area contributed by atoms with Crippen LogP contribution < -0.4 is 9.47 Å². The second kappa shape index (κ2) is 12.2. The fourth-order valence-electron chi connectivity index (χ4n) is 4.40. The van der Waals surface area contributed by atoms with E-state index in [0.29, 0.717) is 43.1 Å². The second-order valence-corrected chi connectivity index (χ2v) is 9.69. The summed E-state index contributed by atoms with van der Waals surface area (Å²) in [4.78, 5) is 28.4. The first-order chi connectivity index (χ1) is 19.0. The lowest BCUT2D eigenvalue weighted by molar-refractivity contribution is -0.138. The van der Waals surface area contributed by atoms with Crippen LogP contribution in [-0.4, -0.2) is 48.4 Å². The van der Waals surface area contributed by atoms with Gasteiger partial charge in [0.05, 0.1) is 25.1 Å². The molecule has 39 heavy (non-hydrogen) atoms. The Morgan fingerprint density at radius 2 is 1.79 bits per heavy atom. The molecule has 0 radical (unpaired) electrons. The largest absolute Gasteiger partial charge is 0.490 e. The molecule has 3 heterocycles. The van der Waals surface area contributed by atoms with Crippen LogP contribution in [0.15, 0.2) is 79.9 Å². The number of carbonyl (C=O) groups excluding carboxylic acids is 2. The first kappa shape index (κ1) is 26.6. The summed E-state index contributed by atoms with van der Waals surface area (Å²) in [6.07, 6.45) is 7.65. The zero-order valence-electron chi connectivity index (χ0n) is 21.7. The van der Waals surface area contributed by atoms with Gasteiger partial charge < -0.3 is 23.7 Å². The quantitative estimate of drug-likeness (QED) is 0.0958. The van der Waals surface area contributed by atoms with Crippen molar-refractivity contribution in [1.29, 1.82) is 0 Å². The van der Waals surface area contributed by atoms with E-state index in [0.717, 1.165) is 47.4 Å². The fourth-order valence-corrected chi connectivity index (χ4v) is 4.40. The Morgan fingerprint density at radius 1 is 1.03 bits per heavy atom. The topological polar surface area (TPSA) is 99.8 Å². The number of nitrogens with zero attached hydrogens (tertiary/aromatic N) is 1. The van der Waals surface area contributed by atoms with Crippen LogP contribution in [0.2, 0.25) is 0 Å². The Bertz CT molecular complexity index is 1360. The summed E-state index contributed by atoms with van der Waals surface area (Å²) in [7, 11) is 0. The summed E-state index contributed by atoms with van der Waals surface area (Å²) in [5, 5.41) is 1.50. The molecule has 0 saturated carbocycles. The molecule has 2 aliphatic heterocycles. The number of aromatic nitrogens is 1. The number of hydrogen-bond acceptors (Lipinski definition) is 8. The first-order valence-electron chi connectivity index (χ1n) is 13.0. The molecule has 2 fully saturated rings. The van der Waals surface area contributed by atoms with Gasteiger partial charge in [0.2, 0.25) is 0 Å². The van der Waals surface area contributed by atoms with Gasteiger partial charge in [-0.15, -0.1) is 0 Å². The van der Waals surface area contributed by atoms with E-state index in [1.807, 2.05) is 0 Å². The van der Waals surface area contributed by atoms with Crippen LogP contribution in [0.3, 0.4) is 0 Å². The zero-order valence-corrected chi connectivity index (χ0v) is 21.7. The minimum Gasteiger partial charge on any atom is -0.490 e. The molecule has 0 spiro atoms. The van der Waals surface area contributed by atoms with E-state index >= 15 is 0 Å². The monoisotopic (exact) mass is 529 g/mol. The summed E-state index contributed by atoms with van der Waals surface area (Å²) in [6, 6.07) is 13.6. The van der Waals surface area contributed by atoms with Gasteiger partial charge >= 0.3 is 11.9 Å². The highest BCUT2D eigenvalue weighted by Gasteiger charge is 2.39. The molecule has 2 aliphatic rings. The van der Waals surface area contributed by atoms with Gasteiger partial charge in [0, 0.05) is 48.0 Å². The van der Waals surface area contributed by atoms with Gasteiger partial charge in [-0.1, -0.05) is 37.4 Å². The van der Waals surface area contributed by atoms with Crippen molar-refractivity contribution in [2.24, 2.45) is 0 Å². The molecule has 3 atom stereocenters. The highest BCUT2D eigenvalue weighted by atomic mass is 16.6. The lowest BCUT2D eigenvalue weighted by atomic mass is 10.0. The number of carbonyl (C=O) groups is 2. The van der Waals surface area contributed by atoms with Crippen molar-refractivity contribution < 1.29 is 33.3 Å². The lowest BCUT2D eigenvalue weighted by Crippen LogP contribution is -2.13. The molecule has 1 aromatic heterocycles. The van der Waals surface area contributed by atoms with E-state index in [-0.39, 0.29) is 24.3 Å². The SMILES string of the molecule is C=COC(=O)CCCc1ccc(CC2OC2CC(=C)C(=O)Oc2ccc(OCC3CO3)c3cnccc23)cc1. The van der Waals surface area contributed by atoms with Gasteiger partial charge in [-0.2, -0.15) is 0 Å². The summed E-state index contributed by atoms with van der Waals surface area (Å²) in [5.41, 5.74) is 2.68. The number of rotatable bonds is 14. The molecule has 8 nitrogen and oxygen atoms in total. The number of fused-ring (bicyclic) bond motifs is 1. The van der Waals surface area contributed by atoms with E-state index in [1.165, 1.54) is 0 Å². The van der Waals surface area contributed by atoms with E-state index in [2.05, 4.69) is 42.4 Å². The molecule has 3 unspecified atom stereocenters. The van der Waals surface area contributed by atoms with Crippen molar-refractivity contribution in [2.45, 2.75) is 50.4 Å². The van der Waals surface area contributed by atoms with Crippen LogP contribution >= 0.6 is 0 Å². The summed E-state index contributed by atoms with van der Waals surface area (Å²) < 4.78 is 27.3. The summed E-state index contributed by atoms with van der Waals surface area (Å²) >= 11 is 0. The maximum absolute atomic E-state index is 12.8. The smallest absolute Gasteiger partial charge is 0.338 e. The minimum atomic E-state index is -0.483. The Hall–Kier alpha value is -4.01. The highest BCUT2D eigenvalue weighted by Crippen LogP contribution is 2.35. The average Bonchev–Trinajstić information content (AvgIpc) is 3.87. The van der Waals surface area contributed by atoms with Crippen molar-refractivity contribution in [2.75, 3.05) is 13.2 Å². The summed E-state index contributed by atoms with van der Waals surface area (Å²) in [5.74, 6) is 0.350. The van der Waals surface area contributed by atoms with Gasteiger partial charge in [-0.25, -0.2) is 4.79 Å². The Kier molecular flexibility index (Phi) is 8.34. The standard InChI is InChI=1S/C31H31NO7/c1-3-35-30(33)6-4-5-21-7-9-22(10-8-21)16-29-28(38-29)15-20(2)31(34)39-27-12-11-26(37-19-23-18-36-23)25-17-32-14-13-24(25)27/h3,7-14,17,23,28-29H,1-2,4-6,15-16,18-19H2. The highest BCUT2D eigenvalue weighted by molar-refractivity contribution is 5.96. The Labute approximate surface area is 227 Å². The molecular weight excluding hydrogens is 498 g/mol. The number of ether oxygens (including phenoxy) is 5. The fraction of sp³-hybridized carbons (Fsp3) is 0.323. The van der Waals surface area contributed by atoms with Gasteiger partial charge in [0.15, 0.2) is 0 Å². The molecule has 8 heteroatoms. The minimum absolute atomic E-state index is 0.0351. The Morgan fingerprint density at radius 3 is 2.56 bits per heavy atom. The van der Waals surface area contributed by atoms with Crippen molar-refractivity contribution in [3.63, 3.8) is 0 Å². The number of esters is 2. The van der Waals surface area contributed by atoms with Crippen molar-refractivity contribution >= 4 is 22.7 Å². The second-order valence-electron chi connectivity index (χ2n) is 9.69. The molecule has 2 aromatic carbocycles. The van der Waals surface area contributed by atoms with Crippen molar-refractivity contribution in [3.8, 4) is 11.5 Å². The van der Waals surface area contributed by atoms with Crippen molar-refractivity contribution in [3.05, 3.63) is 91.0 Å². The van der Waals surface area contributed by atoms with Crippen LogP contribution in [0, 0.1) is 0 Å². The summed E-state index contributed by atoms with van der Waals surface area (Å²) in [6.45, 7) is 8.52. The van der Waals surface area contributed by atoms with Crippen LogP contribution in [-0.2, 0) is 36.6 Å². The molecule has 202 valence electrons. The van der Waals surface area contributed by atoms with E-state index in [4.69, 9.17) is 23.7 Å². The predicted octanol–water partition coefficient (Wildman–Crippen LogP) is 4.88. The lowest BCUT2D eigenvalue weighted by Gasteiger charge is -2.12. The molecule has 2 saturated heterocycles. The maximum atomic E-state index is 12.8. The Balaban J connectivity index is 1.09. The third-order valence-electron chi connectivity index (χ3n) is 6.71. The number of benzene rings is 2. The molecule has 5 rings (SSSR count). The van der Waals surface area contributed by atoms with E-state index in [9.17, 15) is 9.59 Å². The van der Waals surface area contributed by atoms with E-state index < -0.39 is 5.97 Å². The number of pyridine rings is 1. The van der Waals surface area contributed by atoms with Gasteiger partial charge in [-0.3, -0.25) is 9.78 Å². The van der Waals surface area contributed by atoms with Crippen LogP contribution in [0.5, 0.6) is 11.5 Å². The normalized spacial score (nSPS) is 19.2. The first-order valence-corrected chi connectivity index (χ1v) is 13.0. The van der Waals surface area contributed by atoms with E-state index in [1.54, 1.807) is 30.6 Å². The zero-order chi connectivity index (χ0) is 27.2. The molecule has 0 aliphatic carbocycles. The maximum Gasteiger partial charge on any atom is 0.338 e.